The summed E-state index contributed by atoms with van der Waals surface area (Å²) in [5, 5.41) is 21.0. The molecule has 1 saturated heterocycles. The third-order valence-electron chi connectivity index (χ3n) is 5.02. The second kappa shape index (κ2) is 13.5. The largest absolute Gasteiger partial charge is 0.480 e. The molecule has 1 fully saturated rings. The predicted octanol–water partition coefficient (Wildman–Crippen LogP) is 1.74. The van der Waals surface area contributed by atoms with Crippen LogP contribution in [0.1, 0.15) is 59.3 Å². The monoisotopic (exact) mass is 446 g/mol. The highest BCUT2D eigenvalue weighted by atomic mass is 32.2. The summed E-state index contributed by atoms with van der Waals surface area (Å²) in [6, 6.07) is -2.52. The minimum atomic E-state index is -1.04. The van der Waals surface area contributed by atoms with E-state index in [1.807, 2.05) is 6.92 Å². The van der Waals surface area contributed by atoms with E-state index in [1.165, 1.54) is 4.90 Å². The maximum Gasteiger partial charge on any atom is 0.326 e. The van der Waals surface area contributed by atoms with Crippen LogP contribution in [0, 0.1) is 0 Å². The molecule has 1 aliphatic heterocycles. The summed E-state index contributed by atoms with van der Waals surface area (Å²) in [6.45, 7) is 5.81. The Morgan fingerprint density at radius 2 is 1.90 bits per heavy atom. The topological polar surface area (TPSA) is 133 Å². The van der Waals surface area contributed by atoms with E-state index < -0.39 is 47.2 Å². The van der Waals surface area contributed by atoms with Gasteiger partial charge in [-0.15, -0.1) is 11.8 Å². The molecule has 0 aromatic rings. The van der Waals surface area contributed by atoms with Crippen molar-refractivity contribution in [3.63, 3.8) is 0 Å². The number of carbonyl (C=O) groups is 4. The normalized spacial score (nSPS) is 19.2. The van der Waals surface area contributed by atoms with Crippen molar-refractivity contribution in [3.05, 3.63) is 0 Å². The summed E-state index contributed by atoms with van der Waals surface area (Å²) in [5.74, 6) is -2.77. The van der Waals surface area contributed by atoms with Crippen LogP contribution in [0.25, 0.3) is 0 Å². The van der Waals surface area contributed by atoms with Gasteiger partial charge < -0.3 is 19.8 Å². The number of thioether (sulfide) groups is 1. The first-order chi connectivity index (χ1) is 14.2. The molecule has 10 heteroatoms. The maximum absolute atomic E-state index is 12.7. The molecule has 0 spiro atoms. The second-order valence-electron chi connectivity index (χ2n) is 7.38. The van der Waals surface area contributed by atoms with Crippen LogP contribution in [-0.4, -0.2) is 81.2 Å². The summed E-state index contributed by atoms with van der Waals surface area (Å²) in [4.78, 5) is 49.3. The van der Waals surface area contributed by atoms with Crippen LogP contribution in [0.15, 0.2) is 0 Å². The van der Waals surface area contributed by atoms with Crippen LogP contribution in [-0.2, 0) is 23.9 Å². The molecule has 172 valence electrons. The first kappa shape index (κ1) is 26.2. The SMILES string of the molecule is CCCCCC(SC[C@H](NC(C)C(=O)N1CCC[C@H]1C(=O)O)C(=O)OCC)C(=O)O. The minimum Gasteiger partial charge on any atom is -0.480 e. The van der Waals surface area contributed by atoms with Gasteiger partial charge in [-0.2, -0.15) is 0 Å². The van der Waals surface area contributed by atoms with Crippen molar-refractivity contribution in [2.75, 3.05) is 18.9 Å². The fraction of sp³-hybridized carbons (Fsp3) is 0.800. The summed E-state index contributed by atoms with van der Waals surface area (Å²) >= 11 is 1.15. The predicted molar refractivity (Wildman–Crippen MR) is 113 cm³/mol. The molecule has 2 unspecified atom stereocenters. The molecule has 0 bridgehead atoms. The number of hydrogen-bond donors (Lipinski definition) is 3. The second-order valence-corrected chi connectivity index (χ2v) is 8.61. The van der Waals surface area contributed by atoms with Crippen molar-refractivity contribution >= 4 is 35.6 Å². The Morgan fingerprint density at radius 1 is 1.20 bits per heavy atom. The highest BCUT2D eigenvalue weighted by Gasteiger charge is 2.37. The first-order valence-corrected chi connectivity index (χ1v) is 11.6. The Morgan fingerprint density at radius 3 is 2.47 bits per heavy atom. The number of likely N-dealkylation sites (tertiary alicyclic amines) is 1. The van der Waals surface area contributed by atoms with Crippen LogP contribution in [0.3, 0.4) is 0 Å². The molecule has 1 rings (SSSR count). The highest BCUT2D eigenvalue weighted by Crippen LogP contribution is 2.21. The Bertz CT molecular complexity index is 602. The highest BCUT2D eigenvalue weighted by molar-refractivity contribution is 8.00. The van der Waals surface area contributed by atoms with E-state index in [-0.39, 0.29) is 12.4 Å². The molecule has 0 aromatic carbocycles. The number of carbonyl (C=O) groups excluding carboxylic acids is 2. The Hall–Kier alpha value is -1.81. The van der Waals surface area contributed by atoms with Gasteiger partial charge in [0, 0.05) is 12.3 Å². The molecular weight excluding hydrogens is 412 g/mol. The molecule has 0 aliphatic carbocycles. The zero-order chi connectivity index (χ0) is 22.7. The number of ether oxygens (including phenoxy) is 1. The molecule has 1 heterocycles. The lowest BCUT2D eigenvalue weighted by atomic mass is 10.1. The average molecular weight is 447 g/mol. The number of carboxylic acids is 2. The molecule has 0 saturated carbocycles. The summed E-state index contributed by atoms with van der Waals surface area (Å²) in [7, 11) is 0. The van der Waals surface area contributed by atoms with E-state index in [1.54, 1.807) is 13.8 Å². The molecule has 3 N–H and O–H groups in total. The van der Waals surface area contributed by atoms with Gasteiger partial charge >= 0.3 is 17.9 Å². The van der Waals surface area contributed by atoms with Crippen LogP contribution in [0.5, 0.6) is 0 Å². The Kier molecular flexibility index (Phi) is 11.8. The van der Waals surface area contributed by atoms with Crippen LogP contribution in [0.2, 0.25) is 0 Å². The van der Waals surface area contributed by atoms with Gasteiger partial charge in [0.05, 0.1) is 12.6 Å². The van der Waals surface area contributed by atoms with E-state index >= 15 is 0 Å². The lowest BCUT2D eigenvalue weighted by Gasteiger charge is -2.28. The van der Waals surface area contributed by atoms with Crippen molar-refractivity contribution in [2.45, 2.75) is 82.7 Å². The van der Waals surface area contributed by atoms with Crippen LogP contribution < -0.4 is 5.32 Å². The number of amides is 1. The number of hydrogen-bond acceptors (Lipinski definition) is 7. The number of aliphatic carboxylic acids is 2. The van der Waals surface area contributed by atoms with Gasteiger partial charge in [0.2, 0.25) is 5.91 Å². The summed E-state index contributed by atoms with van der Waals surface area (Å²) in [5.41, 5.74) is 0. The van der Waals surface area contributed by atoms with Crippen molar-refractivity contribution in [3.8, 4) is 0 Å². The number of nitrogens with zero attached hydrogens (tertiary/aromatic N) is 1. The molecule has 9 nitrogen and oxygen atoms in total. The van der Waals surface area contributed by atoms with Gasteiger partial charge in [0.1, 0.15) is 17.3 Å². The van der Waals surface area contributed by atoms with Gasteiger partial charge in [-0.3, -0.25) is 19.7 Å². The van der Waals surface area contributed by atoms with Crippen LogP contribution >= 0.6 is 11.8 Å². The first-order valence-electron chi connectivity index (χ1n) is 10.5. The van der Waals surface area contributed by atoms with Gasteiger partial charge in [-0.25, -0.2) is 4.79 Å². The zero-order valence-corrected chi connectivity index (χ0v) is 18.8. The fourth-order valence-electron chi connectivity index (χ4n) is 3.41. The van der Waals surface area contributed by atoms with E-state index in [4.69, 9.17) is 4.74 Å². The van der Waals surface area contributed by atoms with Crippen molar-refractivity contribution in [1.29, 1.82) is 0 Å². The number of nitrogens with one attached hydrogen (secondary N) is 1. The molecule has 4 atom stereocenters. The summed E-state index contributed by atoms with van der Waals surface area (Å²) in [6.07, 6.45) is 4.24. The van der Waals surface area contributed by atoms with Gasteiger partial charge in [0.25, 0.3) is 0 Å². The van der Waals surface area contributed by atoms with Crippen molar-refractivity contribution in [1.82, 2.24) is 10.2 Å². The van der Waals surface area contributed by atoms with Crippen molar-refractivity contribution in [2.24, 2.45) is 0 Å². The minimum absolute atomic E-state index is 0.141. The quantitative estimate of drug-likeness (QED) is 0.269. The van der Waals surface area contributed by atoms with Crippen molar-refractivity contribution < 1.29 is 34.1 Å². The molecule has 0 radical (unpaired) electrons. The van der Waals surface area contributed by atoms with E-state index in [0.29, 0.717) is 25.8 Å². The maximum atomic E-state index is 12.7. The molecular formula is C20H34N2O7S. The average Bonchev–Trinajstić information content (AvgIpc) is 3.18. The molecule has 0 aromatic heterocycles. The number of esters is 1. The number of unbranched alkanes of at least 4 members (excludes halogenated alkanes) is 2. The van der Waals surface area contributed by atoms with Crippen LogP contribution in [0.4, 0.5) is 0 Å². The van der Waals surface area contributed by atoms with Gasteiger partial charge in [-0.1, -0.05) is 26.2 Å². The number of rotatable bonds is 14. The Labute approximate surface area is 181 Å². The van der Waals surface area contributed by atoms with E-state index in [2.05, 4.69) is 5.32 Å². The molecule has 1 amide bonds. The summed E-state index contributed by atoms with van der Waals surface area (Å²) < 4.78 is 5.08. The smallest absolute Gasteiger partial charge is 0.326 e. The molecule has 30 heavy (non-hydrogen) atoms. The van der Waals surface area contributed by atoms with Gasteiger partial charge in [0.15, 0.2) is 0 Å². The van der Waals surface area contributed by atoms with E-state index in [9.17, 15) is 29.4 Å². The lowest BCUT2D eigenvalue weighted by Crippen LogP contribution is -2.54. The third kappa shape index (κ3) is 8.14. The van der Waals surface area contributed by atoms with Gasteiger partial charge in [-0.05, 0) is 33.1 Å². The Balaban J connectivity index is 2.77. The standard InChI is InChI=1S/C20H34N2O7S/c1-4-6-7-10-16(19(26)27)30-12-14(20(28)29-5-2)21-13(3)17(23)22-11-8-9-15(22)18(24)25/h13-16,21H,4-12H2,1-3H3,(H,24,25)(H,26,27)/t13?,14-,15-,16?/m0/s1. The number of carboxylic acid groups (broad SMARTS) is 2. The molecule has 1 aliphatic rings. The zero-order valence-electron chi connectivity index (χ0n) is 18.0. The third-order valence-corrected chi connectivity index (χ3v) is 6.39. The fourth-order valence-corrected chi connectivity index (χ4v) is 4.54. The lowest BCUT2D eigenvalue weighted by molar-refractivity contribution is -0.150. The van der Waals surface area contributed by atoms with E-state index in [0.717, 1.165) is 31.0 Å².